The molecular weight excluding hydrogens is 266 g/mol. The predicted molar refractivity (Wildman–Crippen MR) is 69.1 cm³/mol. The Morgan fingerprint density at radius 2 is 2.19 bits per heavy atom. The van der Waals surface area contributed by atoms with Gasteiger partial charge in [0.05, 0.1) is 0 Å². The maximum atomic E-state index is 4.30. The zero-order valence-electron chi connectivity index (χ0n) is 9.81. The number of halogens is 1. The van der Waals surface area contributed by atoms with Gasteiger partial charge in [-0.3, -0.25) is 0 Å². The van der Waals surface area contributed by atoms with E-state index in [1.807, 2.05) is 4.52 Å². The average Bonchev–Trinajstić information content (AvgIpc) is 2.65. The molecule has 2 unspecified atom stereocenters. The van der Waals surface area contributed by atoms with Crippen molar-refractivity contribution in [3.8, 4) is 0 Å². The molecule has 0 bridgehead atoms. The van der Waals surface area contributed by atoms with Crippen LogP contribution in [-0.2, 0) is 0 Å². The maximum Gasteiger partial charge on any atom is 0.155 e. The molecule has 0 N–H and O–H groups in total. The lowest BCUT2D eigenvalue weighted by molar-refractivity contribution is 0.620. The molecule has 0 amide bonds. The van der Waals surface area contributed by atoms with E-state index in [0.29, 0.717) is 10.7 Å². The fraction of sp³-hybridized carbons (Fsp3) is 0.500. The van der Waals surface area contributed by atoms with Gasteiger partial charge < -0.3 is 0 Å². The summed E-state index contributed by atoms with van der Waals surface area (Å²) in [6.45, 7) is 6.48. The fourth-order valence-corrected chi connectivity index (χ4v) is 2.77. The third kappa shape index (κ3) is 1.98. The molecule has 0 aliphatic heterocycles. The van der Waals surface area contributed by atoms with Crippen molar-refractivity contribution < 1.29 is 0 Å². The monoisotopic (exact) mass is 281 g/mol. The molecule has 0 fully saturated rings. The number of nitrogens with zero attached hydrogens (tertiary/aromatic N) is 3. The normalized spacial score (nSPS) is 15.2. The molecule has 0 saturated heterocycles. The van der Waals surface area contributed by atoms with E-state index in [1.54, 1.807) is 6.33 Å². The van der Waals surface area contributed by atoms with E-state index < -0.39 is 0 Å². The summed E-state index contributed by atoms with van der Waals surface area (Å²) in [5.74, 6) is 0.462. The van der Waals surface area contributed by atoms with Crippen LogP contribution in [0.4, 0.5) is 0 Å². The molecule has 0 aliphatic carbocycles. The van der Waals surface area contributed by atoms with Gasteiger partial charge in [0.1, 0.15) is 6.33 Å². The van der Waals surface area contributed by atoms with E-state index >= 15 is 0 Å². The van der Waals surface area contributed by atoms with Crippen LogP contribution in [0.1, 0.15) is 37.4 Å². The van der Waals surface area contributed by atoms with Gasteiger partial charge in [0, 0.05) is 16.4 Å². The number of fused-ring (bicyclic) bond motifs is 1. The summed E-state index contributed by atoms with van der Waals surface area (Å²) >= 11 is 3.67. The number of rotatable bonds is 3. The van der Waals surface area contributed by atoms with Gasteiger partial charge in [0.15, 0.2) is 5.65 Å². The van der Waals surface area contributed by atoms with Gasteiger partial charge in [-0.1, -0.05) is 29.8 Å². The molecule has 2 aromatic heterocycles. The molecule has 0 spiro atoms. The third-order valence-electron chi connectivity index (χ3n) is 2.93. The van der Waals surface area contributed by atoms with Crippen LogP contribution in [0, 0.1) is 6.92 Å². The average molecular weight is 282 g/mol. The number of alkyl halides is 1. The summed E-state index contributed by atoms with van der Waals surface area (Å²) in [7, 11) is 0. The van der Waals surface area contributed by atoms with Crippen LogP contribution < -0.4 is 0 Å². The molecule has 2 atom stereocenters. The Kier molecular flexibility index (Phi) is 3.28. The number of aryl methyl sites for hydroxylation is 1. The number of aromatic nitrogens is 3. The van der Waals surface area contributed by atoms with Crippen LogP contribution in [0.15, 0.2) is 18.5 Å². The minimum atomic E-state index is 0.437. The first-order chi connectivity index (χ1) is 7.63. The van der Waals surface area contributed by atoms with Crippen LogP contribution in [0.3, 0.4) is 0 Å². The zero-order chi connectivity index (χ0) is 11.7. The Labute approximate surface area is 104 Å². The molecule has 0 saturated carbocycles. The Hall–Kier alpha value is -0.900. The van der Waals surface area contributed by atoms with Crippen molar-refractivity contribution in [1.29, 1.82) is 0 Å². The maximum absolute atomic E-state index is 4.30. The highest BCUT2D eigenvalue weighted by Crippen LogP contribution is 2.28. The van der Waals surface area contributed by atoms with Crippen LogP contribution in [0.25, 0.3) is 5.65 Å². The van der Waals surface area contributed by atoms with E-state index in [-0.39, 0.29) is 0 Å². The van der Waals surface area contributed by atoms with Gasteiger partial charge >= 0.3 is 0 Å². The van der Waals surface area contributed by atoms with Gasteiger partial charge in [0.2, 0.25) is 0 Å². The molecule has 4 heteroatoms. The van der Waals surface area contributed by atoms with Crippen LogP contribution >= 0.6 is 15.9 Å². The Morgan fingerprint density at radius 3 is 2.81 bits per heavy atom. The highest BCUT2D eigenvalue weighted by Gasteiger charge is 2.19. The molecule has 0 radical (unpaired) electrons. The van der Waals surface area contributed by atoms with Gasteiger partial charge in [-0.25, -0.2) is 9.50 Å². The van der Waals surface area contributed by atoms with Crippen LogP contribution in [-0.4, -0.2) is 19.4 Å². The molecule has 3 nitrogen and oxygen atoms in total. The third-order valence-corrected chi connectivity index (χ3v) is 3.56. The van der Waals surface area contributed by atoms with Crippen molar-refractivity contribution in [1.82, 2.24) is 14.6 Å². The first-order valence-corrected chi connectivity index (χ1v) is 6.49. The Balaban J connectivity index is 2.61. The lowest BCUT2D eigenvalue weighted by Crippen LogP contribution is -2.13. The highest BCUT2D eigenvalue weighted by molar-refractivity contribution is 9.09. The topological polar surface area (TPSA) is 30.2 Å². The zero-order valence-corrected chi connectivity index (χ0v) is 11.4. The van der Waals surface area contributed by atoms with E-state index in [0.717, 1.165) is 12.1 Å². The van der Waals surface area contributed by atoms with Crippen LogP contribution in [0.2, 0.25) is 0 Å². The summed E-state index contributed by atoms with van der Waals surface area (Å²) in [5, 5.41) is 4.30. The van der Waals surface area contributed by atoms with Gasteiger partial charge in [-0.15, -0.1) is 0 Å². The van der Waals surface area contributed by atoms with Crippen molar-refractivity contribution >= 4 is 21.6 Å². The summed E-state index contributed by atoms with van der Waals surface area (Å²) in [6, 6.07) is 4.26. The minimum Gasteiger partial charge on any atom is -0.218 e. The highest BCUT2D eigenvalue weighted by atomic mass is 79.9. The second kappa shape index (κ2) is 4.53. The van der Waals surface area contributed by atoms with Gasteiger partial charge in [-0.05, 0) is 31.0 Å². The Bertz CT molecular complexity index is 490. The van der Waals surface area contributed by atoms with E-state index in [2.05, 4.69) is 58.9 Å². The van der Waals surface area contributed by atoms with Gasteiger partial charge in [-0.2, -0.15) is 5.10 Å². The lowest BCUT2D eigenvalue weighted by atomic mass is 9.97. The van der Waals surface area contributed by atoms with Crippen molar-refractivity contribution in [2.75, 3.05) is 0 Å². The summed E-state index contributed by atoms with van der Waals surface area (Å²) in [6.07, 6.45) is 2.70. The van der Waals surface area contributed by atoms with Crippen molar-refractivity contribution in [3.63, 3.8) is 0 Å². The number of hydrogen-bond acceptors (Lipinski definition) is 2. The molecule has 2 heterocycles. The quantitative estimate of drug-likeness (QED) is 0.808. The van der Waals surface area contributed by atoms with E-state index in [1.165, 1.54) is 11.3 Å². The smallest absolute Gasteiger partial charge is 0.155 e. The molecular formula is C12H16BrN3. The number of pyridine rings is 1. The summed E-state index contributed by atoms with van der Waals surface area (Å²) in [4.78, 5) is 4.69. The molecule has 0 aliphatic rings. The van der Waals surface area contributed by atoms with Crippen molar-refractivity contribution in [3.05, 3.63) is 29.7 Å². The summed E-state index contributed by atoms with van der Waals surface area (Å²) < 4.78 is 1.94. The largest absolute Gasteiger partial charge is 0.218 e. The molecule has 2 rings (SSSR count). The molecule has 16 heavy (non-hydrogen) atoms. The molecule has 2 aromatic rings. The van der Waals surface area contributed by atoms with Gasteiger partial charge in [0.25, 0.3) is 0 Å². The number of hydrogen-bond donors (Lipinski definition) is 0. The van der Waals surface area contributed by atoms with E-state index in [9.17, 15) is 0 Å². The molecule has 0 aromatic carbocycles. The second-order valence-electron chi connectivity index (χ2n) is 4.18. The second-order valence-corrected chi connectivity index (χ2v) is 5.62. The first-order valence-electron chi connectivity index (χ1n) is 5.57. The van der Waals surface area contributed by atoms with Crippen molar-refractivity contribution in [2.24, 2.45) is 0 Å². The lowest BCUT2D eigenvalue weighted by Gasteiger charge is -2.19. The van der Waals surface area contributed by atoms with Crippen LogP contribution in [0.5, 0.6) is 0 Å². The fourth-order valence-electron chi connectivity index (χ4n) is 2.12. The SMILES string of the molecule is CCC(c1cc(C)cc2ncnn12)C(C)Br. The predicted octanol–water partition coefficient (Wildman–Crippen LogP) is 3.31. The molecule has 86 valence electrons. The van der Waals surface area contributed by atoms with E-state index in [4.69, 9.17) is 0 Å². The van der Waals surface area contributed by atoms with Crippen molar-refractivity contribution in [2.45, 2.75) is 37.9 Å². The first kappa shape index (κ1) is 11.6. The summed E-state index contributed by atoms with van der Waals surface area (Å²) in [5.41, 5.74) is 3.41. The minimum absolute atomic E-state index is 0.437. The Morgan fingerprint density at radius 1 is 1.44 bits per heavy atom. The standard InChI is InChI=1S/C12H16BrN3/c1-4-10(9(3)13)11-5-8(2)6-12-14-7-15-16(11)12/h5-7,9-10H,4H2,1-3H3.